The van der Waals surface area contributed by atoms with Crippen LogP contribution in [0.25, 0.3) is 0 Å². The number of halogens is 3. The Morgan fingerprint density at radius 2 is 1.77 bits per heavy atom. The maximum Gasteiger partial charge on any atom is 0.225 e. The number of aromatic nitrogens is 2. The van der Waals surface area contributed by atoms with Crippen LogP contribution in [0.4, 0.5) is 19.1 Å². The van der Waals surface area contributed by atoms with E-state index in [9.17, 15) is 18.3 Å². The Kier molecular flexibility index (Phi) is 6.05. The number of benzene rings is 1. The lowest BCUT2D eigenvalue weighted by molar-refractivity contribution is 0.0628. The van der Waals surface area contributed by atoms with Crippen molar-refractivity contribution < 1.29 is 18.3 Å². The summed E-state index contributed by atoms with van der Waals surface area (Å²) in [5.74, 6) is -0.548. The highest BCUT2D eigenvalue weighted by Gasteiger charge is 2.27. The quantitative estimate of drug-likeness (QED) is 0.797. The molecule has 3 rings (SSSR count). The lowest BCUT2D eigenvalue weighted by Crippen LogP contribution is -2.52. The summed E-state index contributed by atoms with van der Waals surface area (Å²) in [6.07, 6.45) is 1.35. The summed E-state index contributed by atoms with van der Waals surface area (Å²) in [6.45, 7) is 1.67. The van der Waals surface area contributed by atoms with E-state index in [-0.39, 0.29) is 12.4 Å². The van der Waals surface area contributed by atoms with Crippen molar-refractivity contribution in [3.05, 3.63) is 53.9 Å². The molecule has 5 nitrogen and oxygen atoms in total. The van der Waals surface area contributed by atoms with Crippen molar-refractivity contribution in [3.8, 4) is 0 Å². The van der Waals surface area contributed by atoms with Crippen LogP contribution >= 0.6 is 0 Å². The number of hydrogen-bond donors (Lipinski definition) is 1. The van der Waals surface area contributed by atoms with E-state index < -0.39 is 18.2 Å². The first kappa shape index (κ1) is 18.6. The zero-order chi connectivity index (χ0) is 18.5. The molecule has 140 valence electrons. The number of alkyl halides is 1. The monoisotopic (exact) mass is 366 g/mol. The molecule has 26 heavy (non-hydrogen) atoms. The topological polar surface area (TPSA) is 52.5 Å². The number of aliphatic hydroxyl groups is 1. The number of hydrogen-bond acceptors (Lipinski definition) is 5. The fourth-order valence-electron chi connectivity index (χ4n) is 3.02. The zero-order valence-electron chi connectivity index (χ0n) is 14.2. The van der Waals surface area contributed by atoms with Gasteiger partial charge in [0.25, 0.3) is 0 Å². The predicted molar refractivity (Wildman–Crippen MR) is 91.3 cm³/mol. The number of piperazine rings is 1. The SMILES string of the molecule is OC(CCCN1CCN(c2ncc(F)cn2)CC1F)c1ccc(F)cc1. The van der Waals surface area contributed by atoms with Gasteiger partial charge in [0.05, 0.1) is 25.0 Å². The summed E-state index contributed by atoms with van der Waals surface area (Å²) in [7, 11) is 0. The molecule has 1 aliphatic rings. The Morgan fingerprint density at radius 1 is 1.08 bits per heavy atom. The molecular weight excluding hydrogens is 345 g/mol. The van der Waals surface area contributed by atoms with Gasteiger partial charge < -0.3 is 10.0 Å². The Balaban J connectivity index is 1.45. The first-order valence-corrected chi connectivity index (χ1v) is 8.57. The van der Waals surface area contributed by atoms with Crippen molar-refractivity contribution >= 4 is 5.95 Å². The van der Waals surface area contributed by atoms with Gasteiger partial charge in [0.15, 0.2) is 12.1 Å². The van der Waals surface area contributed by atoms with E-state index >= 15 is 0 Å². The Hall–Kier alpha value is -2.19. The standard InChI is InChI=1S/C18H21F3N4O/c19-14-5-3-13(4-6-14)16(26)2-1-7-24-8-9-25(12-17(24)21)18-22-10-15(20)11-23-18/h3-6,10-11,16-17,26H,1-2,7-9,12H2. The highest BCUT2D eigenvalue weighted by atomic mass is 19.1. The van der Waals surface area contributed by atoms with Crippen LogP contribution in [-0.2, 0) is 0 Å². The Labute approximate surface area is 150 Å². The van der Waals surface area contributed by atoms with Crippen LogP contribution in [0.2, 0.25) is 0 Å². The average Bonchev–Trinajstić information content (AvgIpc) is 2.64. The zero-order valence-corrected chi connectivity index (χ0v) is 14.2. The van der Waals surface area contributed by atoms with Gasteiger partial charge in [-0.05, 0) is 30.5 Å². The third-order valence-corrected chi connectivity index (χ3v) is 4.49. The van der Waals surface area contributed by atoms with Crippen molar-refractivity contribution in [1.82, 2.24) is 14.9 Å². The molecule has 0 amide bonds. The van der Waals surface area contributed by atoms with Crippen molar-refractivity contribution in [2.45, 2.75) is 25.2 Å². The van der Waals surface area contributed by atoms with E-state index in [2.05, 4.69) is 9.97 Å². The fraction of sp³-hybridized carbons (Fsp3) is 0.444. The van der Waals surface area contributed by atoms with Crippen LogP contribution in [0, 0.1) is 11.6 Å². The van der Waals surface area contributed by atoms with Crippen LogP contribution in [0.1, 0.15) is 24.5 Å². The van der Waals surface area contributed by atoms with Gasteiger partial charge in [-0.15, -0.1) is 0 Å². The molecular formula is C18H21F3N4O. The minimum absolute atomic E-state index is 0.117. The van der Waals surface area contributed by atoms with Gasteiger partial charge in [0.1, 0.15) is 5.82 Å². The van der Waals surface area contributed by atoms with Gasteiger partial charge in [-0.2, -0.15) is 0 Å². The minimum Gasteiger partial charge on any atom is -0.388 e. The second-order valence-corrected chi connectivity index (χ2v) is 6.33. The Morgan fingerprint density at radius 3 is 2.42 bits per heavy atom. The molecule has 1 aromatic heterocycles. The second kappa shape index (κ2) is 8.46. The van der Waals surface area contributed by atoms with E-state index in [1.54, 1.807) is 21.9 Å². The van der Waals surface area contributed by atoms with Gasteiger partial charge in [-0.1, -0.05) is 12.1 Å². The van der Waals surface area contributed by atoms with E-state index in [1.165, 1.54) is 12.1 Å². The smallest absolute Gasteiger partial charge is 0.225 e. The molecule has 0 spiro atoms. The maximum atomic E-state index is 14.4. The normalized spacial score (nSPS) is 19.5. The van der Waals surface area contributed by atoms with E-state index in [0.717, 1.165) is 12.4 Å². The van der Waals surface area contributed by atoms with E-state index in [1.807, 2.05) is 0 Å². The molecule has 2 aromatic rings. The molecule has 0 saturated carbocycles. The molecule has 0 radical (unpaired) electrons. The number of rotatable bonds is 6. The molecule has 8 heteroatoms. The molecule has 1 N–H and O–H groups in total. The van der Waals surface area contributed by atoms with Crippen LogP contribution in [0.15, 0.2) is 36.7 Å². The van der Waals surface area contributed by atoms with Gasteiger partial charge in [0.2, 0.25) is 5.95 Å². The van der Waals surface area contributed by atoms with Crippen LogP contribution in [0.3, 0.4) is 0 Å². The molecule has 2 atom stereocenters. The summed E-state index contributed by atoms with van der Waals surface area (Å²) in [5, 5.41) is 10.1. The van der Waals surface area contributed by atoms with Crippen molar-refractivity contribution in [2.24, 2.45) is 0 Å². The van der Waals surface area contributed by atoms with Gasteiger partial charge in [0, 0.05) is 19.6 Å². The van der Waals surface area contributed by atoms with Gasteiger partial charge in [-0.25, -0.2) is 23.1 Å². The summed E-state index contributed by atoms with van der Waals surface area (Å²) >= 11 is 0. The highest BCUT2D eigenvalue weighted by Crippen LogP contribution is 2.21. The van der Waals surface area contributed by atoms with Gasteiger partial charge >= 0.3 is 0 Å². The number of aliphatic hydroxyl groups excluding tert-OH is 1. The molecule has 0 bridgehead atoms. The molecule has 1 saturated heterocycles. The molecule has 0 aliphatic carbocycles. The molecule has 2 heterocycles. The first-order valence-electron chi connectivity index (χ1n) is 8.57. The minimum atomic E-state index is -1.18. The van der Waals surface area contributed by atoms with Crippen molar-refractivity contribution in [3.63, 3.8) is 0 Å². The molecule has 1 aliphatic heterocycles. The maximum absolute atomic E-state index is 14.4. The Bertz CT molecular complexity index is 699. The third-order valence-electron chi connectivity index (χ3n) is 4.49. The van der Waals surface area contributed by atoms with Gasteiger partial charge in [-0.3, -0.25) is 4.90 Å². The molecule has 1 fully saturated rings. The fourth-order valence-corrected chi connectivity index (χ4v) is 3.02. The summed E-state index contributed by atoms with van der Waals surface area (Å²) in [5.41, 5.74) is 0.654. The van der Waals surface area contributed by atoms with Crippen LogP contribution in [0.5, 0.6) is 0 Å². The lowest BCUT2D eigenvalue weighted by Gasteiger charge is -2.37. The van der Waals surface area contributed by atoms with E-state index in [4.69, 9.17) is 0 Å². The second-order valence-electron chi connectivity index (χ2n) is 6.33. The summed E-state index contributed by atoms with van der Waals surface area (Å²) in [6, 6.07) is 5.73. The highest BCUT2D eigenvalue weighted by molar-refractivity contribution is 5.29. The number of anilines is 1. The first-order chi connectivity index (χ1) is 12.5. The largest absolute Gasteiger partial charge is 0.388 e. The van der Waals surface area contributed by atoms with Crippen molar-refractivity contribution in [2.75, 3.05) is 31.1 Å². The summed E-state index contributed by atoms with van der Waals surface area (Å²) < 4.78 is 40.2. The number of nitrogens with zero attached hydrogens (tertiary/aromatic N) is 4. The summed E-state index contributed by atoms with van der Waals surface area (Å²) in [4.78, 5) is 11.2. The predicted octanol–water partition coefficient (Wildman–Crippen LogP) is 2.69. The van der Waals surface area contributed by atoms with Crippen LogP contribution < -0.4 is 4.90 Å². The van der Waals surface area contributed by atoms with E-state index in [0.29, 0.717) is 44.0 Å². The molecule has 1 aromatic carbocycles. The van der Waals surface area contributed by atoms with Crippen molar-refractivity contribution in [1.29, 1.82) is 0 Å². The molecule has 2 unspecified atom stereocenters. The average molecular weight is 366 g/mol. The lowest BCUT2D eigenvalue weighted by atomic mass is 10.0. The van der Waals surface area contributed by atoms with Crippen LogP contribution in [-0.4, -0.2) is 52.4 Å². The third kappa shape index (κ3) is 4.70.